The van der Waals surface area contributed by atoms with Crippen LogP contribution in [0.25, 0.3) is 0 Å². The summed E-state index contributed by atoms with van der Waals surface area (Å²) in [5, 5.41) is 0. The average Bonchev–Trinajstić information content (AvgIpc) is 2.53. The van der Waals surface area contributed by atoms with E-state index in [9.17, 15) is 9.59 Å². The highest BCUT2D eigenvalue weighted by Gasteiger charge is 2.15. The van der Waals surface area contributed by atoms with Crippen LogP contribution in [0, 0.1) is 5.92 Å². The first-order valence-electron chi connectivity index (χ1n) is 9.36. The van der Waals surface area contributed by atoms with E-state index in [1.807, 2.05) is 0 Å². The van der Waals surface area contributed by atoms with E-state index in [0.29, 0.717) is 6.42 Å². The van der Waals surface area contributed by atoms with Crippen molar-refractivity contribution in [2.75, 3.05) is 6.54 Å². The van der Waals surface area contributed by atoms with Gasteiger partial charge in [-0.2, -0.15) is 0 Å². The van der Waals surface area contributed by atoms with Crippen LogP contribution >= 0.6 is 0 Å². The van der Waals surface area contributed by atoms with Gasteiger partial charge in [0, 0.05) is 13.0 Å². The summed E-state index contributed by atoms with van der Waals surface area (Å²) in [4.78, 5) is 22.0. The minimum absolute atomic E-state index is 0.0411. The van der Waals surface area contributed by atoms with Gasteiger partial charge in [0.1, 0.15) is 5.78 Å². The van der Waals surface area contributed by atoms with E-state index < -0.39 is 5.92 Å². The molecule has 0 aromatic heterocycles. The van der Waals surface area contributed by atoms with Crippen molar-refractivity contribution < 1.29 is 9.59 Å². The Hall–Kier alpha value is -0.700. The van der Waals surface area contributed by atoms with Crippen molar-refractivity contribution in [3.63, 3.8) is 0 Å². The number of nitrogens with two attached hydrogens (primary N) is 1. The van der Waals surface area contributed by atoms with Crippen molar-refractivity contribution in [3.05, 3.63) is 0 Å². The smallest absolute Gasteiger partial charge is 0.210 e. The van der Waals surface area contributed by atoms with E-state index in [0.717, 1.165) is 12.8 Å². The predicted molar refractivity (Wildman–Crippen MR) is 93.6 cm³/mol. The molecule has 0 fully saturated rings. The maximum atomic E-state index is 11.6. The first-order valence-corrected chi connectivity index (χ1v) is 9.36. The Balaban J connectivity index is 3.20. The zero-order valence-corrected chi connectivity index (χ0v) is 14.6. The Kier molecular flexibility index (Phi) is 16.1. The summed E-state index contributed by atoms with van der Waals surface area (Å²) in [5.74, 6) is -0.738. The number of rotatable bonds is 17. The standard InChI is InChI=1S/C19H36NO2/c1-2-3-4-5-6-7-8-9-10-11-12-13-14-15-19(22)18(16-20)17-21/h18H,2-16,20H2,1H3. The Labute approximate surface area is 137 Å². The number of hydrogen-bond donors (Lipinski definition) is 1. The molecule has 129 valence electrons. The molecule has 1 unspecified atom stereocenters. The molecule has 3 nitrogen and oxygen atoms in total. The normalized spacial score (nSPS) is 12.3. The van der Waals surface area contributed by atoms with Crippen LogP contribution in [0.3, 0.4) is 0 Å². The average molecular weight is 311 g/mol. The number of carbonyl (C=O) groups is 1. The van der Waals surface area contributed by atoms with Crippen molar-refractivity contribution >= 4 is 12.1 Å². The second-order valence-electron chi connectivity index (χ2n) is 6.37. The zero-order chi connectivity index (χ0) is 16.5. The Morgan fingerprint density at radius 3 is 1.59 bits per heavy atom. The van der Waals surface area contributed by atoms with Gasteiger partial charge in [-0.15, -0.1) is 0 Å². The summed E-state index contributed by atoms with van der Waals surface area (Å²) in [5.41, 5.74) is 5.34. The predicted octanol–water partition coefficient (Wildman–Crippen LogP) is 4.72. The van der Waals surface area contributed by atoms with Crippen LogP contribution < -0.4 is 5.73 Å². The largest absolute Gasteiger partial charge is 0.329 e. The first-order chi connectivity index (χ1) is 10.8. The van der Waals surface area contributed by atoms with Crippen LogP contribution in [-0.2, 0) is 9.59 Å². The lowest BCUT2D eigenvalue weighted by Gasteiger charge is -2.05. The maximum Gasteiger partial charge on any atom is 0.210 e. The summed E-state index contributed by atoms with van der Waals surface area (Å²) in [6.07, 6.45) is 19.0. The SMILES string of the molecule is CCCCCCCCCCCCCCCC(=O)C([C]=O)CN. The summed E-state index contributed by atoms with van der Waals surface area (Å²) in [7, 11) is 0. The number of unbranched alkanes of at least 4 members (excludes halogenated alkanes) is 12. The molecule has 0 aliphatic rings. The lowest BCUT2D eigenvalue weighted by molar-refractivity contribution is -0.120. The molecule has 2 N–H and O–H groups in total. The van der Waals surface area contributed by atoms with Gasteiger partial charge < -0.3 is 5.73 Å². The topological polar surface area (TPSA) is 60.2 Å². The molecule has 0 aromatic carbocycles. The third kappa shape index (κ3) is 13.0. The highest BCUT2D eigenvalue weighted by molar-refractivity contribution is 5.93. The molecular formula is C19H36NO2. The summed E-state index contributed by atoms with van der Waals surface area (Å²) in [6.45, 7) is 2.36. The van der Waals surface area contributed by atoms with E-state index in [1.165, 1.54) is 70.6 Å². The van der Waals surface area contributed by atoms with Crippen molar-refractivity contribution in [2.45, 2.75) is 96.8 Å². The van der Waals surface area contributed by atoms with Crippen LogP contribution in [0.1, 0.15) is 96.8 Å². The number of Topliss-reactive ketones (excluding diaryl/α,β-unsaturated/α-hetero) is 1. The molecular weight excluding hydrogens is 274 g/mol. The van der Waals surface area contributed by atoms with Crippen molar-refractivity contribution in [2.24, 2.45) is 11.7 Å². The molecule has 1 radical (unpaired) electrons. The highest BCUT2D eigenvalue weighted by Crippen LogP contribution is 2.13. The third-order valence-corrected chi connectivity index (χ3v) is 4.29. The molecule has 0 spiro atoms. The Morgan fingerprint density at radius 2 is 1.23 bits per heavy atom. The fourth-order valence-corrected chi connectivity index (χ4v) is 2.74. The van der Waals surface area contributed by atoms with Gasteiger partial charge in [0.2, 0.25) is 6.29 Å². The molecule has 0 aliphatic carbocycles. The van der Waals surface area contributed by atoms with Gasteiger partial charge in [0.05, 0.1) is 5.92 Å². The fraction of sp³-hybridized carbons (Fsp3) is 0.895. The summed E-state index contributed by atoms with van der Waals surface area (Å²) >= 11 is 0. The number of hydrogen-bond acceptors (Lipinski definition) is 3. The van der Waals surface area contributed by atoms with Crippen LogP contribution in [0.4, 0.5) is 0 Å². The molecule has 0 rings (SSSR count). The lowest BCUT2D eigenvalue weighted by atomic mass is 9.99. The maximum absolute atomic E-state index is 11.6. The molecule has 0 aromatic rings. The van der Waals surface area contributed by atoms with Crippen molar-refractivity contribution in [1.82, 2.24) is 0 Å². The molecule has 0 amide bonds. The van der Waals surface area contributed by atoms with E-state index >= 15 is 0 Å². The van der Waals surface area contributed by atoms with E-state index in [-0.39, 0.29) is 12.3 Å². The molecule has 3 heteroatoms. The summed E-state index contributed by atoms with van der Waals surface area (Å²) in [6, 6.07) is 0. The molecule has 0 saturated carbocycles. The monoisotopic (exact) mass is 310 g/mol. The van der Waals surface area contributed by atoms with Gasteiger partial charge in [-0.1, -0.05) is 84.0 Å². The molecule has 0 heterocycles. The van der Waals surface area contributed by atoms with Crippen LogP contribution in [0.5, 0.6) is 0 Å². The fourth-order valence-electron chi connectivity index (χ4n) is 2.74. The molecule has 0 aliphatic heterocycles. The van der Waals surface area contributed by atoms with Gasteiger partial charge in [0.15, 0.2) is 0 Å². The highest BCUT2D eigenvalue weighted by atomic mass is 16.1. The quantitative estimate of drug-likeness (QED) is 0.312. The zero-order valence-electron chi connectivity index (χ0n) is 14.6. The lowest BCUT2D eigenvalue weighted by Crippen LogP contribution is -2.24. The Morgan fingerprint density at radius 1 is 0.818 bits per heavy atom. The van der Waals surface area contributed by atoms with Crippen LogP contribution in [0.2, 0.25) is 0 Å². The molecule has 0 bridgehead atoms. The first kappa shape index (κ1) is 21.3. The van der Waals surface area contributed by atoms with Gasteiger partial charge in [-0.05, 0) is 6.42 Å². The minimum Gasteiger partial charge on any atom is -0.329 e. The van der Waals surface area contributed by atoms with Gasteiger partial charge >= 0.3 is 0 Å². The summed E-state index contributed by atoms with van der Waals surface area (Å²) < 4.78 is 0. The van der Waals surface area contributed by atoms with Gasteiger partial charge in [-0.25, -0.2) is 0 Å². The van der Waals surface area contributed by atoms with E-state index in [1.54, 1.807) is 6.29 Å². The van der Waals surface area contributed by atoms with Crippen molar-refractivity contribution in [3.8, 4) is 0 Å². The van der Waals surface area contributed by atoms with Crippen LogP contribution in [0.15, 0.2) is 0 Å². The van der Waals surface area contributed by atoms with Crippen LogP contribution in [-0.4, -0.2) is 18.6 Å². The third-order valence-electron chi connectivity index (χ3n) is 4.29. The molecule has 0 saturated heterocycles. The second-order valence-corrected chi connectivity index (χ2v) is 6.37. The molecule has 1 atom stereocenters. The molecule has 22 heavy (non-hydrogen) atoms. The second kappa shape index (κ2) is 16.7. The van der Waals surface area contributed by atoms with Gasteiger partial charge in [-0.3, -0.25) is 9.59 Å². The van der Waals surface area contributed by atoms with Crippen molar-refractivity contribution in [1.29, 1.82) is 0 Å². The number of ketones is 1. The Bertz CT molecular complexity index is 266. The number of carbonyl (C=O) groups excluding carboxylic acids is 2. The van der Waals surface area contributed by atoms with Gasteiger partial charge in [0.25, 0.3) is 0 Å². The van der Waals surface area contributed by atoms with E-state index in [4.69, 9.17) is 5.73 Å². The van der Waals surface area contributed by atoms with E-state index in [2.05, 4.69) is 6.92 Å². The minimum atomic E-state index is -0.697.